The van der Waals surface area contributed by atoms with Crippen LogP contribution in [0.15, 0.2) is 65.6 Å². The number of benzene rings is 2. The van der Waals surface area contributed by atoms with Crippen LogP contribution < -0.4 is 4.90 Å². The van der Waals surface area contributed by atoms with Gasteiger partial charge in [0.15, 0.2) is 0 Å². The number of thiophene rings is 1. The molecule has 0 radical (unpaired) electrons. The van der Waals surface area contributed by atoms with E-state index in [4.69, 9.17) is 0 Å². The van der Waals surface area contributed by atoms with Crippen molar-refractivity contribution < 1.29 is 19.8 Å². The molecular weight excluding hydrogens is 386 g/mol. The fraction of sp³-hybridized carbons (Fsp3) is 0.130. The average Bonchev–Trinajstić information content (AvgIpc) is 3.32. The Labute approximate surface area is 172 Å². The second-order valence-electron chi connectivity index (χ2n) is 6.97. The number of carbonyl (C=O) groups excluding carboxylic acids is 2. The topological polar surface area (TPSA) is 77.8 Å². The summed E-state index contributed by atoms with van der Waals surface area (Å²) in [5.41, 5.74) is 2.75. The lowest BCUT2D eigenvalue weighted by atomic mass is 9.97. The molecule has 3 aromatic rings. The molecule has 4 rings (SSSR count). The first-order valence-electron chi connectivity index (χ1n) is 9.10. The van der Waals surface area contributed by atoms with Crippen molar-refractivity contribution in [3.63, 3.8) is 0 Å². The monoisotopic (exact) mass is 405 g/mol. The lowest BCUT2D eigenvalue weighted by Crippen LogP contribution is -2.29. The number of aryl methyl sites for hydroxylation is 2. The number of anilines is 1. The third-order valence-electron chi connectivity index (χ3n) is 5.18. The minimum Gasteiger partial charge on any atom is -0.507 e. The number of phenolic OH excluding ortho intramolecular Hbond substituents is 1. The maximum Gasteiger partial charge on any atom is 0.300 e. The molecule has 2 aromatic carbocycles. The van der Waals surface area contributed by atoms with Crippen molar-refractivity contribution in [2.75, 3.05) is 4.90 Å². The third-order valence-corrected chi connectivity index (χ3v) is 6.10. The highest BCUT2D eigenvalue weighted by Gasteiger charge is 2.48. The quantitative estimate of drug-likeness (QED) is 0.376. The van der Waals surface area contributed by atoms with Crippen LogP contribution in [-0.2, 0) is 9.59 Å². The number of nitrogens with zero attached hydrogens (tertiary/aromatic N) is 1. The predicted octanol–water partition coefficient (Wildman–Crippen LogP) is 4.70. The zero-order valence-electron chi connectivity index (χ0n) is 15.9. The molecule has 0 spiro atoms. The molecule has 1 saturated heterocycles. The van der Waals surface area contributed by atoms with Gasteiger partial charge in [0.05, 0.1) is 11.3 Å². The summed E-state index contributed by atoms with van der Waals surface area (Å²) >= 11 is 1.38. The van der Waals surface area contributed by atoms with Gasteiger partial charge in [-0.25, -0.2) is 0 Å². The Bertz CT molecular complexity index is 1150. The maximum atomic E-state index is 13.0. The number of hydrogen-bond acceptors (Lipinski definition) is 5. The molecule has 2 heterocycles. The van der Waals surface area contributed by atoms with Gasteiger partial charge in [-0.1, -0.05) is 30.3 Å². The predicted molar refractivity (Wildman–Crippen MR) is 113 cm³/mol. The van der Waals surface area contributed by atoms with Gasteiger partial charge in [0.1, 0.15) is 17.6 Å². The zero-order valence-corrected chi connectivity index (χ0v) is 16.7. The molecule has 0 bridgehead atoms. The van der Waals surface area contributed by atoms with E-state index in [0.717, 1.165) is 16.0 Å². The van der Waals surface area contributed by atoms with E-state index in [2.05, 4.69) is 0 Å². The summed E-state index contributed by atoms with van der Waals surface area (Å²) in [6.45, 7) is 3.88. The molecule has 1 fully saturated rings. The number of amides is 1. The number of rotatable bonds is 3. The molecule has 1 atom stereocenters. The Kier molecular flexibility index (Phi) is 4.72. The van der Waals surface area contributed by atoms with E-state index in [0.29, 0.717) is 5.56 Å². The number of hydrogen-bond donors (Lipinski definition) is 2. The van der Waals surface area contributed by atoms with Crippen molar-refractivity contribution in [1.29, 1.82) is 0 Å². The van der Waals surface area contributed by atoms with Crippen molar-refractivity contribution in [2.45, 2.75) is 19.9 Å². The fourth-order valence-corrected chi connectivity index (χ4v) is 4.33. The highest BCUT2D eigenvalue weighted by Crippen LogP contribution is 2.45. The molecule has 146 valence electrons. The smallest absolute Gasteiger partial charge is 0.300 e. The molecular formula is C23H19NO4S. The van der Waals surface area contributed by atoms with E-state index in [9.17, 15) is 19.8 Å². The van der Waals surface area contributed by atoms with Gasteiger partial charge in [0.2, 0.25) is 0 Å². The number of carbonyl (C=O) groups is 2. The number of phenols is 1. The number of aliphatic hydroxyl groups excluding tert-OH is 1. The zero-order chi connectivity index (χ0) is 20.7. The summed E-state index contributed by atoms with van der Waals surface area (Å²) in [6, 6.07) is 14.6. The van der Waals surface area contributed by atoms with Gasteiger partial charge in [-0.15, -0.1) is 11.3 Å². The van der Waals surface area contributed by atoms with Crippen LogP contribution in [-0.4, -0.2) is 21.9 Å². The van der Waals surface area contributed by atoms with Gasteiger partial charge in [-0.05, 0) is 54.6 Å². The van der Waals surface area contributed by atoms with Gasteiger partial charge >= 0.3 is 0 Å². The summed E-state index contributed by atoms with van der Waals surface area (Å²) in [6.07, 6.45) is 0. The second kappa shape index (κ2) is 7.22. The molecule has 6 heteroatoms. The van der Waals surface area contributed by atoms with Crippen molar-refractivity contribution in [3.05, 3.63) is 87.1 Å². The Hall–Kier alpha value is -3.38. The Morgan fingerprint density at radius 3 is 2.41 bits per heavy atom. The number of Topliss-reactive ketones (excluding diaryl/α,β-unsaturated/α-hetero) is 1. The van der Waals surface area contributed by atoms with Crippen LogP contribution in [0.3, 0.4) is 0 Å². The Morgan fingerprint density at radius 2 is 1.76 bits per heavy atom. The van der Waals surface area contributed by atoms with E-state index in [1.54, 1.807) is 30.3 Å². The number of aliphatic hydroxyl groups is 1. The summed E-state index contributed by atoms with van der Waals surface area (Å²) < 4.78 is 0. The van der Waals surface area contributed by atoms with Crippen LogP contribution in [0.5, 0.6) is 5.75 Å². The van der Waals surface area contributed by atoms with Gasteiger partial charge in [-0.3, -0.25) is 14.5 Å². The maximum absolute atomic E-state index is 13.0. The molecule has 0 saturated carbocycles. The molecule has 1 unspecified atom stereocenters. The van der Waals surface area contributed by atoms with E-state index in [-0.39, 0.29) is 22.8 Å². The molecule has 1 amide bonds. The highest BCUT2D eigenvalue weighted by atomic mass is 32.1. The molecule has 5 nitrogen and oxygen atoms in total. The van der Waals surface area contributed by atoms with Crippen LogP contribution in [0.2, 0.25) is 0 Å². The SMILES string of the molecule is Cc1ccc(/C(O)=C2/C(=O)C(=O)N(c3ccccc3O)C2c2cccs2)cc1C. The van der Waals surface area contributed by atoms with Crippen molar-refractivity contribution in [2.24, 2.45) is 0 Å². The first kappa shape index (κ1) is 19.0. The third kappa shape index (κ3) is 3.11. The van der Waals surface area contributed by atoms with E-state index in [1.165, 1.54) is 22.3 Å². The molecule has 1 aliphatic rings. The standard InChI is InChI=1S/C23H19NO4S/c1-13-9-10-15(12-14(13)2)21(26)19-20(18-8-5-11-29-18)24(23(28)22(19)27)16-6-3-4-7-17(16)25/h3-12,20,25-26H,1-2H3/b21-19-. The lowest BCUT2D eigenvalue weighted by molar-refractivity contribution is -0.132. The first-order valence-corrected chi connectivity index (χ1v) is 9.98. The van der Waals surface area contributed by atoms with Gasteiger partial charge < -0.3 is 10.2 Å². The lowest BCUT2D eigenvalue weighted by Gasteiger charge is -2.24. The van der Waals surface area contributed by atoms with E-state index >= 15 is 0 Å². The van der Waals surface area contributed by atoms with Gasteiger partial charge in [-0.2, -0.15) is 0 Å². The molecule has 29 heavy (non-hydrogen) atoms. The highest BCUT2D eigenvalue weighted by molar-refractivity contribution is 7.10. The normalized spacial score (nSPS) is 18.4. The Balaban J connectivity index is 1.95. The van der Waals surface area contributed by atoms with E-state index in [1.807, 2.05) is 37.4 Å². The fourth-order valence-electron chi connectivity index (χ4n) is 3.51. The molecule has 0 aliphatic carbocycles. The van der Waals surface area contributed by atoms with E-state index < -0.39 is 17.7 Å². The van der Waals surface area contributed by atoms with Crippen molar-refractivity contribution >= 4 is 34.5 Å². The van der Waals surface area contributed by atoms with Crippen LogP contribution in [0.4, 0.5) is 5.69 Å². The summed E-state index contributed by atoms with van der Waals surface area (Å²) in [5.74, 6) is -1.89. The Morgan fingerprint density at radius 1 is 1.00 bits per heavy atom. The number of ketones is 1. The minimum atomic E-state index is -0.815. The van der Waals surface area contributed by atoms with Crippen molar-refractivity contribution in [3.8, 4) is 5.75 Å². The largest absolute Gasteiger partial charge is 0.507 e. The van der Waals surface area contributed by atoms with Crippen LogP contribution in [0.1, 0.15) is 27.6 Å². The minimum absolute atomic E-state index is 0.0176. The molecule has 2 N–H and O–H groups in total. The molecule has 1 aromatic heterocycles. The van der Waals surface area contributed by atoms with Crippen LogP contribution in [0.25, 0.3) is 5.76 Å². The van der Waals surface area contributed by atoms with Gasteiger partial charge in [0.25, 0.3) is 11.7 Å². The number of para-hydroxylation sites is 2. The molecule has 1 aliphatic heterocycles. The van der Waals surface area contributed by atoms with Gasteiger partial charge in [0, 0.05) is 10.4 Å². The summed E-state index contributed by atoms with van der Waals surface area (Å²) in [7, 11) is 0. The second-order valence-corrected chi connectivity index (χ2v) is 7.95. The summed E-state index contributed by atoms with van der Waals surface area (Å²) in [4.78, 5) is 27.9. The van der Waals surface area contributed by atoms with Crippen LogP contribution >= 0.6 is 11.3 Å². The summed E-state index contributed by atoms with van der Waals surface area (Å²) in [5, 5.41) is 23.2. The van der Waals surface area contributed by atoms with Crippen LogP contribution in [0, 0.1) is 13.8 Å². The van der Waals surface area contributed by atoms with Crippen molar-refractivity contribution in [1.82, 2.24) is 0 Å². The number of aromatic hydroxyl groups is 1. The first-order chi connectivity index (χ1) is 13.9. The average molecular weight is 405 g/mol.